The van der Waals surface area contributed by atoms with Crippen LogP contribution in [0.4, 0.5) is 10.1 Å². The van der Waals surface area contributed by atoms with Crippen molar-refractivity contribution in [2.75, 3.05) is 5.32 Å². The predicted molar refractivity (Wildman–Crippen MR) is 74.6 cm³/mol. The van der Waals surface area contributed by atoms with Crippen molar-refractivity contribution >= 4 is 11.6 Å². The van der Waals surface area contributed by atoms with Gasteiger partial charge in [-0.3, -0.25) is 4.79 Å². The van der Waals surface area contributed by atoms with E-state index >= 15 is 0 Å². The number of carbonyl (C=O) groups excluding carboxylic acids is 1. The van der Waals surface area contributed by atoms with Gasteiger partial charge in [0.05, 0.1) is 11.4 Å². The first kappa shape index (κ1) is 13.7. The number of nitrogens with one attached hydrogen (secondary N) is 1. The van der Waals surface area contributed by atoms with Crippen LogP contribution in [0.15, 0.2) is 18.2 Å². The van der Waals surface area contributed by atoms with E-state index in [4.69, 9.17) is 0 Å². The number of benzene rings is 1. The number of rotatable bonds is 4. The number of anilines is 1. The van der Waals surface area contributed by atoms with Gasteiger partial charge in [0, 0.05) is 11.8 Å². The Labute approximate surface area is 121 Å². The van der Waals surface area contributed by atoms with Crippen molar-refractivity contribution in [2.24, 2.45) is 5.92 Å². The Balaban J connectivity index is 1.93. The molecule has 1 heterocycles. The summed E-state index contributed by atoms with van der Waals surface area (Å²) in [5, 5.41) is 14.2. The molecule has 1 fully saturated rings. The second kappa shape index (κ2) is 5.23. The van der Waals surface area contributed by atoms with Gasteiger partial charge in [0.1, 0.15) is 5.82 Å². The molecule has 1 aromatic heterocycles. The maximum absolute atomic E-state index is 13.8. The van der Waals surface area contributed by atoms with Crippen molar-refractivity contribution in [3.8, 4) is 5.69 Å². The summed E-state index contributed by atoms with van der Waals surface area (Å²) in [6.07, 6.45) is 2.14. The van der Waals surface area contributed by atoms with Crippen LogP contribution >= 0.6 is 0 Å². The Morgan fingerprint density at radius 1 is 1.43 bits per heavy atom. The number of halogens is 1. The second-order valence-electron chi connectivity index (χ2n) is 5.53. The summed E-state index contributed by atoms with van der Waals surface area (Å²) < 4.78 is 15.4. The van der Waals surface area contributed by atoms with E-state index in [0.29, 0.717) is 11.6 Å². The zero-order chi connectivity index (χ0) is 15.0. The minimum atomic E-state index is -0.478. The zero-order valence-corrected chi connectivity index (χ0v) is 11.9. The summed E-state index contributed by atoms with van der Waals surface area (Å²) in [5.74, 6) is 0.226. The van der Waals surface area contributed by atoms with E-state index in [1.165, 1.54) is 6.07 Å². The predicted octanol–water partition coefficient (Wildman–Crippen LogP) is 2.27. The first-order chi connectivity index (χ1) is 10.1. The molecule has 2 aromatic rings. The fraction of sp³-hybridized carbons (Fsp3) is 0.429. The maximum Gasteiger partial charge on any atom is 0.227 e. The second-order valence-corrected chi connectivity index (χ2v) is 5.53. The number of carbonyl (C=O) groups is 1. The standard InChI is InChI=1S/C14H16FN5O/c1-8(2)14(21)16-12-7-10(5-6-11(12)15)20-13(9-3-4-9)17-18-19-20/h5-9H,3-4H2,1-2H3,(H,16,21). The third kappa shape index (κ3) is 2.76. The van der Waals surface area contributed by atoms with E-state index in [1.807, 2.05) is 0 Å². The lowest BCUT2D eigenvalue weighted by atomic mass is 10.2. The van der Waals surface area contributed by atoms with Crippen molar-refractivity contribution in [1.29, 1.82) is 0 Å². The Bertz CT molecular complexity index is 678. The number of hydrogen-bond acceptors (Lipinski definition) is 4. The molecule has 1 aliphatic carbocycles. The van der Waals surface area contributed by atoms with Crippen LogP contribution in [-0.2, 0) is 4.79 Å². The molecule has 0 saturated heterocycles. The van der Waals surface area contributed by atoms with E-state index in [-0.39, 0.29) is 17.5 Å². The number of aromatic nitrogens is 4. The quantitative estimate of drug-likeness (QED) is 0.937. The molecule has 0 unspecified atom stereocenters. The van der Waals surface area contributed by atoms with E-state index in [9.17, 15) is 9.18 Å². The van der Waals surface area contributed by atoms with E-state index in [0.717, 1.165) is 18.7 Å². The molecule has 0 atom stereocenters. The van der Waals surface area contributed by atoms with Crippen LogP contribution in [0.25, 0.3) is 5.69 Å². The molecule has 0 radical (unpaired) electrons. The van der Waals surface area contributed by atoms with Crippen LogP contribution < -0.4 is 5.32 Å². The highest BCUT2D eigenvalue weighted by Gasteiger charge is 2.30. The van der Waals surface area contributed by atoms with E-state index < -0.39 is 5.82 Å². The first-order valence-electron chi connectivity index (χ1n) is 6.95. The molecule has 110 valence electrons. The summed E-state index contributed by atoms with van der Waals surface area (Å²) in [7, 11) is 0. The van der Waals surface area contributed by atoms with Crippen molar-refractivity contribution in [3.05, 3.63) is 29.8 Å². The first-order valence-corrected chi connectivity index (χ1v) is 6.95. The number of nitrogens with zero attached hydrogens (tertiary/aromatic N) is 4. The lowest BCUT2D eigenvalue weighted by molar-refractivity contribution is -0.118. The molecule has 6 nitrogen and oxygen atoms in total. The van der Waals surface area contributed by atoms with Gasteiger partial charge in [-0.25, -0.2) is 4.39 Å². The summed E-state index contributed by atoms with van der Waals surface area (Å²) in [4.78, 5) is 11.7. The number of hydrogen-bond donors (Lipinski definition) is 1. The Morgan fingerprint density at radius 2 is 2.19 bits per heavy atom. The number of tetrazole rings is 1. The monoisotopic (exact) mass is 289 g/mol. The molecule has 21 heavy (non-hydrogen) atoms. The molecule has 1 aliphatic rings. The Hall–Kier alpha value is -2.31. The summed E-state index contributed by atoms with van der Waals surface area (Å²) >= 11 is 0. The molecular weight excluding hydrogens is 273 g/mol. The van der Waals surface area contributed by atoms with Crippen LogP contribution in [0, 0.1) is 11.7 Å². The van der Waals surface area contributed by atoms with Gasteiger partial charge in [0.2, 0.25) is 5.91 Å². The number of amides is 1. The van der Waals surface area contributed by atoms with Gasteiger partial charge in [0.15, 0.2) is 5.82 Å². The Morgan fingerprint density at radius 3 is 2.86 bits per heavy atom. The van der Waals surface area contributed by atoms with Crippen LogP contribution in [0.2, 0.25) is 0 Å². The highest BCUT2D eigenvalue weighted by molar-refractivity contribution is 5.92. The van der Waals surface area contributed by atoms with Crippen molar-refractivity contribution in [3.63, 3.8) is 0 Å². The van der Waals surface area contributed by atoms with Gasteiger partial charge >= 0.3 is 0 Å². The SMILES string of the molecule is CC(C)C(=O)Nc1cc(-n2nnnc2C2CC2)ccc1F. The lowest BCUT2D eigenvalue weighted by Crippen LogP contribution is -2.18. The van der Waals surface area contributed by atoms with E-state index in [1.54, 1.807) is 30.7 Å². The zero-order valence-electron chi connectivity index (χ0n) is 11.9. The normalized spacial score (nSPS) is 14.5. The third-order valence-electron chi connectivity index (χ3n) is 3.41. The molecular formula is C14H16FN5O. The minimum Gasteiger partial charge on any atom is -0.323 e. The fourth-order valence-electron chi connectivity index (χ4n) is 1.99. The van der Waals surface area contributed by atoms with Crippen molar-refractivity contribution < 1.29 is 9.18 Å². The van der Waals surface area contributed by atoms with Gasteiger partial charge in [-0.1, -0.05) is 13.8 Å². The summed E-state index contributed by atoms with van der Waals surface area (Å²) in [6.45, 7) is 3.51. The van der Waals surface area contributed by atoms with Gasteiger partial charge in [0.25, 0.3) is 0 Å². The summed E-state index contributed by atoms with van der Waals surface area (Å²) in [5.41, 5.74) is 0.783. The molecule has 0 spiro atoms. The molecule has 1 saturated carbocycles. The van der Waals surface area contributed by atoms with Crippen molar-refractivity contribution in [1.82, 2.24) is 20.2 Å². The molecule has 3 rings (SSSR count). The maximum atomic E-state index is 13.8. The smallest absolute Gasteiger partial charge is 0.227 e. The molecule has 0 bridgehead atoms. The Kier molecular flexibility index (Phi) is 3.40. The van der Waals surface area contributed by atoms with Crippen LogP contribution in [0.3, 0.4) is 0 Å². The van der Waals surface area contributed by atoms with Gasteiger partial charge in [-0.05, 0) is 41.5 Å². The molecule has 1 aromatic carbocycles. The van der Waals surface area contributed by atoms with Gasteiger partial charge in [-0.2, -0.15) is 4.68 Å². The molecule has 7 heteroatoms. The topological polar surface area (TPSA) is 72.7 Å². The fourth-order valence-corrected chi connectivity index (χ4v) is 1.99. The lowest BCUT2D eigenvalue weighted by Gasteiger charge is -2.11. The average Bonchev–Trinajstić information content (AvgIpc) is 3.18. The largest absolute Gasteiger partial charge is 0.323 e. The van der Waals surface area contributed by atoms with Crippen molar-refractivity contribution in [2.45, 2.75) is 32.6 Å². The highest BCUT2D eigenvalue weighted by Crippen LogP contribution is 2.39. The molecule has 1 amide bonds. The molecule has 0 aliphatic heterocycles. The van der Waals surface area contributed by atoms with Crippen LogP contribution in [-0.4, -0.2) is 26.1 Å². The van der Waals surface area contributed by atoms with Crippen LogP contribution in [0.1, 0.15) is 38.4 Å². The minimum absolute atomic E-state index is 0.142. The van der Waals surface area contributed by atoms with Gasteiger partial charge in [-0.15, -0.1) is 5.10 Å². The average molecular weight is 289 g/mol. The van der Waals surface area contributed by atoms with Crippen LogP contribution in [0.5, 0.6) is 0 Å². The third-order valence-corrected chi connectivity index (χ3v) is 3.41. The molecule has 1 N–H and O–H groups in total. The highest BCUT2D eigenvalue weighted by atomic mass is 19.1. The summed E-state index contributed by atoms with van der Waals surface area (Å²) in [6, 6.07) is 4.46. The van der Waals surface area contributed by atoms with Gasteiger partial charge < -0.3 is 5.32 Å². The van der Waals surface area contributed by atoms with E-state index in [2.05, 4.69) is 20.8 Å².